The minimum atomic E-state index is -0.319. The Bertz CT molecular complexity index is 273. The summed E-state index contributed by atoms with van der Waals surface area (Å²) < 4.78 is 0. The zero-order valence-electron chi connectivity index (χ0n) is 7.13. The molecule has 3 heteroatoms. The number of hydrogen-bond acceptors (Lipinski definition) is 2. The van der Waals surface area contributed by atoms with E-state index in [0.717, 1.165) is 5.56 Å². The predicted molar refractivity (Wildman–Crippen MR) is 50.1 cm³/mol. The van der Waals surface area contributed by atoms with Gasteiger partial charge in [-0.15, -0.1) is 0 Å². The second-order valence-electron chi connectivity index (χ2n) is 3.27. The van der Waals surface area contributed by atoms with Gasteiger partial charge in [0.05, 0.1) is 5.54 Å². The molecule has 0 radical (unpaired) electrons. The second-order valence-corrected chi connectivity index (χ2v) is 3.46. The van der Waals surface area contributed by atoms with E-state index in [9.17, 15) is 5.11 Å². The highest BCUT2D eigenvalue weighted by molar-refractivity contribution is 6.13. The predicted octanol–water partition coefficient (Wildman–Crippen LogP) is 2.37. The minimum absolute atomic E-state index is 0.257. The number of halogens is 1. The third kappa shape index (κ3) is 1.90. The van der Waals surface area contributed by atoms with E-state index in [1.807, 2.05) is 19.9 Å². The normalized spacial score (nSPS) is 11.6. The van der Waals surface area contributed by atoms with Crippen LogP contribution in [0.2, 0.25) is 0 Å². The van der Waals surface area contributed by atoms with Crippen LogP contribution in [-0.2, 0) is 5.54 Å². The molecule has 0 unspecified atom stereocenters. The van der Waals surface area contributed by atoms with Crippen molar-refractivity contribution in [1.82, 2.24) is 4.84 Å². The van der Waals surface area contributed by atoms with Gasteiger partial charge in [-0.05, 0) is 43.3 Å². The number of benzene rings is 1. The molecular weight excluding hydrogens is 174 g/mol. The van der Waals surface area contributed by atoms with Crippen molar-refractivity contribution in [1.29, 1.82) is 0 Å². The summed E-state index contributed by atoms with van der Waals surface area (Å²) in [7, 11) is 0. The van der Waals surface area contributed by atoms with E-state index in [1.54, 1.807) is 18.2 Å². The first-order valence-corrected chi connectivity index (χ1v) is 4.11. The summed E-state index contributed by atoms with van der Waals surface area (Å²) in [6.45, 7) is 3.88. The van der Waals surface area contributed by atoms with E-state index < -0.39 is 0 Å². The lowest BCUT2D eigenvalue weighted by Gasteiger charge is -2.22. The van der Waals surface area contributed by atoms with Crippen LogP contribution in [0, 0.1) is 0 Å². The molecule has 0 aliphatic rings. The van der Waals surface area contributed by atoms with Crippen molar-refractivity contribution in [3.8, 4) is 5.75 Å². The fourth-order valence-electron chi connectivity index (χ4n) is 0.949. The Labute approximate surface area is 77.3 Å². The Hall–Kier alpha value is -0.730. The molecule has 0 saturated heterocycles. The quantitative estimate of drug-likeness (QED) is 0.694. The van der Waals surface area contributed by atoms with Gasteiger partial charge in [-0.25, -0.2) is 4.84 Å². The summed E-state index contributed by atoms with van der Waals surface area (Å²) in [5.41, 5.74) is 0.637. The highest BCUT2D eigenvalue weighted by Crippen LogP contribution is 2.23. The molecule has 0 heterocycles. The molecule has 0 saturated carbocycles. The molecule has 0 bridgehead atoms. The van der Waals surface area contributed by atoms with Crippen LogP contribution in [0.15, 0.2) is 24.3 Å². The van der Waals surface area contributed by atoms with Crippen molar-refractivity contribution in [2.24, 2.45) is 0 Å². The first-order valence-electron chi connectivity index (χ1n) is 3.73. The maximum atomic E-state index is 9.20. The van der Waals surface area contributed by atoms with Gasteiger partial charge in [0, 0.05) is 0 Å². The number of phenols is 1. The number of phenolic OH excluding ortho intramolecular Hbond substituents is 1. The number of hydrogen-bond donors (Lipinski definition) is 2. The van der Waals surface area contributed by atoms with Crippen molar-refractivity contribution in [3.05, 3.63) is 29.8 Å². The molecule has 0 aromatic heterocycles. The van der Waals surface area contributed by atoms with Crippen LogP contribution in [0.1, 0.15) is 19.4 Å². The van der Waals surface area contributed by atoms with Crippen LogP contribution in [-0.4, -0.2) is 5.11 Å². The van der Waals surface area contributed by atoms with Gasteiger partial charge < -0.3 is 5.11 Å². The van der Waals surface area contributed by atoms with E-state index in [-0.39, 0.29) is 11.3 Å². The maximum Gasteiger partial charge on any atom is 0.115 e. The molecule has 12 heavy (non-hydrogen) atoms. The van der Waals surface area contributed by atoms with Gasteiger partial charge >= 0.3 is 0 Å². The smallest absolute Gasteiger partial charge is 0.115 e. The lowest BCUT2D eigenvalue weighted by atomic mass is 9.96. The number of rotatable bonds is 2. The summed E-state index contributed by atoms with van der Waals surface area (Å²) in [5, 5.41) is 9.20. The molecule has 0 amide bonds. The van der Waals surface area contributed by atoms with Crippen LogP contribution < -0.4 is 4.84 Å². The first kappa shape index (κ1) is 9.36. The third-order valence-corrected chi connectivity index (χ3v) is 2.28. The Kier molecular flexibility index (Phi) is 2.60. The number of nitrogens with one attached hydrogen (secondary N) is 1. The van der Waals surface area contributed by atoms with Crippen LogP contribution in [0.5, 0.6) is 5.75 Å². The highest BCUT2D eigenvalue weighted by Gasteiger charge is 2.18. The van der Waals surface area contributed by atoms with E-state index in [0.29, 0.717) is 0 Å². The van der Waals surface area contributed by atoms with E-state index >= 15 is 0 Å². The van der Waals surface area contributed by atoms with Crippen molar-refractivity contribution in [2.75, 3.05) is 0 Å². The van der Waals surface area contributed by atoms with Crippen molar-refractivity contribution < 1.29 is 5.11 Å². The van der Waals surface area contributed by atoms with E-state index in [1.165, 1.54) is 0 Å². The average Bonchev–Trinajstić information content (AvgIpc) is 2.05. The summed E-state index contributed by atoms with van der Waals surface area (Å²) in [6, 6.07) is 7.03. The lowest BCUT2D eigenvalue weighted by molar-refractivity contribution is 0.463. The Morgan fingerprint density at radius 3 is 2.58 bits per heavy atom. The molecular formula is C9H12ClNO. The van der Waals surface area contributed by atoms with Gasteiger partial charge in [-0.1, -0.05) is 12.1 Å². The van der Waals surface area contributed by atoms with Gasteiger partial charge in [0.15, 0.2) is 0 Å². The van der Waals surface area contributed by atoms with Crippen molar-refractivity contribution >= 4 is 11.8 Å². The molecule has 2 N–H and O–H groups in total. The van der Waals surface area contributed by atoms with Gasteiger partial charge in [0.25, 0.3) is 0 Å². The van der Waals surface area contributed by atoms with Crippen LogP contribution in [0.3, 0.4) is 0 Å². The zero-order chi connectivity index (χ0) is 9.19. The maximum absolute atomic E-state index is 9.20. The largest absolute Gasteiger partial charge is 0.508 e. The van der Waals surface area contributed by atoms with Gasteiger partial charge in [-0.3, -0.25) is 0 Å². The molecule has 2 nitrogen and oxygen atoms in total. The highest BCUT2D eigenvalue weighted by atomic mass is 35.5. The van der Waals surface area contributed by atoms with Crippen molar-refractivity contribution in [2.45, 2.75) is 19.4 Å². The van der Waals surface area contributed by atoms with Crippen molar-refractivity contribution in [3.63, 3.8) is 0 Å². The monoisotopic (exact) mass is 185 g/mol. The Morgan fingerprint density at radius 2 is 2.08 bits per heavy atom. The molecule has 1 rings (SSSR count). The molecule has 1 aromatic rings. The molecule has 66 valence electrons. The fraction of sp³-hybridized carbons (Fsp3) is 0.333. The topological polar surface area (TPSA) is 32.3 Å². The second kappa shape index (κ2) is 3.33. The van der Waals surface area contributed by atoms with E-state index in [2.05, 4.69) is 4.84 Å². The fourth-order valence-corrected chi connectivity index (χ4v) is 1.06. The van der Waals surface area contributed by atoms with Gasteiger partial charge in [-0.2, -0.15) is 0 Å². The molecule has 0 aliphatic carbocycles. The Balaban J connectivity index is 3.03. The first-order chi connectivity index (χ1) is 5.56. The summed E-state index contributed by atoms with van der Waals surface area (Å²) in [6.07, 6.45) is 0. The Morgan fingerprint density at radius 1 is 1.42 bits per heavy atom. The van der Waals surface area contributed by atoms with Crippen LogP contribution in [0.25, 0.3) is 0 Å². The average molecular weight is 186 g/mol. The SMILES string of the molecule is CC(C)(NCl)c1cccc(O)c1. The van der Waals surface area contributed by atoms with Gasteiger partial charge in [0.2, 0.25) is 0 Å². The van der Waals surface area contributed by atoms with Crippen LogP contribution in [0.4, 0.5) is 0 Å². The molecule has 0 spiro atoms. The van der Waals surface area contributed by atoms with Gasteiger partial charge in [0.1, 0.15) is 5.75 Å². The zero-order valence-corrected chi connectivity index (χ0v) is 7.89. The van der Waals surface area contributed by atoms with E-state index in [4.69, 9.17) is 11.8 Å². The molecule has 0 aliphatic heterocycles. The molecule has 0 fully saturated rings. The standard InChI is InChI=1S/C9H12ClNO/c1-9(2,11-10)7-4-3-5-8(12)6-7/h3-6,11-12H,1-2H3. The molecule has 1 aromatic carbocycles. The lowest BCUT2D eigenvalue weighted by Crippen LogP contribution is -2.29. The third-order valence-electron chi connectivity index (χ3n) is 1.80. The number of aromatic hydroxyl groups is 1. The summed E-state index contributed by atoms with van der Waals surface area (Å²) in [5.74, 6) is 0.257. The molecule has 0 atom stereocenters. The van der Waals surface area contributed by atoms with Crippen LogP contribution >= 0.6 is 11.8 Å². The summed E-state index contributed by atoms with van der Waals surface area (Å²) in [4.78, 5) is 2.65. The minimum Gasteiger partial charge on any atom is -0.508 e. The summed E-state index contributed by atoms with van der Waals surface area (Å²) >= 11 is 5.55.